The van der Waals surface area contributed by atoms with Crippen LogP contribution in [0.3, 0.4) is 0 Å². The smallest absolute Gasteiger partial charge is 0.309 e. The summed E-state index contributed by atoms with van der Waals surface area (Å²) in [5, 5.41) is 3.33. The summed E-state index contributed by atoms with van der Waals surface area (Å²) in [5.74, 6) is 0.314. The van der Waals surface area contributed by atoms with Crippen molar-refractivity contribution < 1.29 is 9.53 Å². The number of esters is 1. The SMILES string of the molecule is COC(=O)C1C(C)CNCC1(C)C. The van der Waals surface area contributed by atoms with Gasteiger partial charge in [-0.2, -0.15) is 0 Å². The van der Waals surface area contributed by atoms with E-state index in [2.05, 4.69) is 26.1 Å². The van der Waals surface area contributed by atoms with Gasteiger partial charge in [0, 0.05) is 6.54 Å². The molecule has 0 radical (unpaired) electrons. The van der Waals surface area contributed by atoms with Crippen LogP contribution in [0.2, 0.25) is 0 Å². The molecule has 3 heteroatoms. The summed E-state index contributed by atoms with van der Waals surface area (Å²) in [6.07, 6.45) is 0. The highest BCUT2D eigenvalue weighted by Crippen LogP contribution is 2.35. The first kappa shape index (κ1) is 10.5. The van der Waals surface area contributed by atoms with E-state index in [1.165, 1.54) is 7.11 Å². The maximum absolute atomic E-state index is 11.5. The lowest BCUT2D eigenvalue weighted by atomic mass is 9.70. The molecule has 0 amide bonds. The Hall–Kier alpha value is -0.570. The van der Waals surface area contributed by atoms with Gasteiger partial charge in [-0.1, -0.05) is 20.8 Å². The molecule has 2 atom stereocenters. The van der Waals surface area contributed by atoms with Crippen molar-refractivity contribution in [3.63, 3.8) is 0 Å². The normalized spacial score (nSPS) is 32.6. The van der Waals surface area contributed by atoms with Crippen LogP contribution in [0.1, 0.15) is 20.8 Å². The molecule has 1 fully saturated rings. The summed E-state index contributed by atoms with van der Waals surface area (Å²) in [7, 11) is 1.47. The second-order valence-electron chi connectivity index (χ2n) is 4.60. The highest BCUT2D eigenvalue weighted by atomic mass is 16.5. The first-order chi connectivity index (χ1) is 5.99. The van der Waals surface area contributed by atoms with Crippen LogP contribution in [0, 0.1) is 17.3 Å². The first-order valence-corrected chi connectivity index (χ1v) is 4.77. The van der Waals surface area contributed by atoms with Crippen molar-refractivity contribution in [2.75, 3.05) is 20.2 Å². The van der Waals surface area contributed by atoms with E-state index in [1.807, 2.05) is 0 Å². The van der Waals surface area contributed by atoms with Crippen LogP contribution in [0.15, 0.2) is 0 Å². The Balaban J connectivity index is 2.80. The zero-order valence-corrected chi connectivity index (χ0v) is 8.89. The maximum Gasteiger partial charge on any atom is 0.309 e. The molecule has 13 heavy (non-hydrogen) atoms. The standard InChI is InChI=1S/C10H19NO2/c1-7-5-11-6-10(2,3)8(7)9(12)13-4/h7-8,11H,5-6H2,1-4H3. The number of carbonyl (C=O) groups is 1. The minimum absolute atomic E-state index is 0.00472. The molecule has 76 valence electrons. The van der Waals surface area contributed by atoms with Crippen molar-refractivity contribution in [2.45, 2.75) is 20.8 Å². The van der Waals surface area contributed by atoms with E-state index < -0.39 is 0 Å². The molecule has 0 aromatic heterocycles. The minimum Gasteiger partial charge on any atom is -0.469 e. The number of hydrogen-bond donors (Lipinski definition) is 1. The average molecular weight is 185 g/mol. The number of rotatable bonds is 1. The number of carbonyl (C=O) groups excluding carboxylic acids is 1. The summed E-state index contributed by atoms with van der Waals surface area (Å²) >= 11 is 0. The second-order valence-corrected chi connectivity index (χ2v) is 4.60. The average Bonchev–Trinajstić information content (AvgIpc) is 2.02. The van der Waals surface area contributed by atoms with Crippen molar-refractivity contribution in [2.24, 2.45) is 17.3 Å². The van der Waals surface area contributed by atoms with Crippen LogP contribution in [0.5, 0.6) is 0 Å². The highest BCUT2D eigenvalue weighted by Gasteiger charge is 2.42. The molecule has 1 N–H and O–H groups in total. The van der Waals surface area contributed by atoms with Gasteiger partial charge in [0.1, 0.15) is 0 Å². The molecule has 1 aliphatic rings. The summed E-state index contributed by atoms with van der Waals surface area (Å²) in [5.41, 5.74) is 0.00472. The topological polar surface area (TPSA) is 38.3 Å². The molecule has 1 aliphatic heterocycles. The van der Waals surface area contributed by atoms with Gasteiger partial charge in [-0.15, -0.1) is 0 Å². The largest absolute Gasteiger partial charge is 0.469 e. The summed E-state index contributed by atoms with van der Waals surface area (Å²) in [6, 6.07) is 0. The van der Waals surface area contributed by atoms with Crippen LogP contribution < -0.4 is 5.32 Å². The van der Waals surface area contributed by atoms with Crippen molar-refractivity contribution in [1.82, 2.24) is 5.32 Å². The Morgan fingerprint density at radius 2 is 2.15 bits per heavy atom. The molecule has 0 aliphatic carbocycles. The van der Waals surface area contributed by atoms with Crippen molar-refractivity contribution in [3.8, 4) is 0 Å². The Kier molecular flexibility index (Phi) is 2.96. The molecule has 0 saturated carbocycles. The third kappa shape index (κ3) is 2.02. The van der Waals surface area contributed by atoms with Crippen LogP contribution in [-0.2, 0) is 9.53 Å². The molecule has 0 spiro atoms. The van der Waals surface area contributed by atoms with E-state index in [0.29, 0.717) is 5.92 Å². The quantitative estimate of drug-likeness (QED) is 0.620. The Morgan fingerprint density at radius 3 is 2.62 bits per heavy atom. The molecule has 0 aromatic rings. The number of methoxy groups -OCH3 is 1. The molecular formula is C10H19NO2. The van der Waals surface area contributed by atoms with Gasteiger partial charge in [0.25, 0.3) is 0 Å². The monoisotopic (exact) mass is 185 g/mol. The zero-order valence-electron chi connectivity index (χ0n) is 8.89. The van der Waals surface area contributed by atoms with Crippen LogP contribution in [-0.4, -0.2) is 26.2 Å². The fourth-order valence-corrected chi connectivity index (χ4v) is 2.30. The predicted molar refractivity (Wildman–Crippen MR) is 51.3 cm³/mol. The molecule has 1 saturated heterocycles. The van der Waals surface area contributed by atoms with E-state index in [9.17, 15) is 4.79 Å². The lowest BCUT2D eigenvalue weighted by molar-refractivity contribution is -0.153. The van der Waals surface area contributed by atoms with E-state index >= 15 is 0 Å². The number of hydrogen-bond acceptors (Lipinski definition) is 3. The lowest BCUT2D eigenvalue weighted by Gasteiger charge is -2.41. The molecule has 2 unspecified atom stereocenters. The third-order valence-corrected chi connectivity index (χ3v) is 2.91. The molecule has 1 heterocycles. The molecule has 0 bridgehead atoms. The van der Waals surface area contributed by atoms with Gasteiger partial charge < -0.3 is 10.1 Å². The fourth-order valence-electron chi connectivity index (χ4n) is 2.30. The van der Waals surface area contributed by atoms with Crippen molar-refractivity contribution in [1.29, 1.82) is 0 Å². The Bertz CT molecular complexity index is 201. The van der Waals surface area contributed by atoms with Crippen LogP contribution in [0.4, 0.5) is 0 Å². The molecular weight excluding hydrogens is 166 g/mol. The fraction of sp³-hybridized carbons (Fsp3) is 0.900. The number of ether oxygens (including phenoxy) is 1. The van der Waals surface area contributed by atoms with Gasteiger partial charge in [-0.3, -0.25) is 4.79 Å². The molecule has 0 aromatic carbocycles. The lowest BCUT2D eigenvalue weighted by Crippen LogP contribution is -2.51. The van der Waals surface area contributed by atoms with Crippen molar-refractivity contribution >= 4 is 5.97 Å². The van der Waals surface area contributed by atoms with Gasteiger partial charge in [-0.25, -0.2) is 0 Å². The number of nitrogens with one attached hydrogen (secondary N) is 1. The van der Waals surface area contributed by atoms with Gasteiger partial charge in [0.15, 0.2) is 0 Å². The second kappa shape index (κ2) is 3.66. The predicted octanol–water partition coefficient (Wildman–Crippen LogP) is 1.04. The summed E-state index contributed by atoms with van der Waals surface area (Å²) in [4.78, 5) is 11.5. The maximum atomic E-state index is 11.5. The minimum atomic E-state index is -0.0704. The molecule has 1 rings (SSSR count). The zero-order chi connectivity index (χ0) is 10.1. The molecule has 3 nitrogen and oxygen atoms in total. The van der Waals surface area contributed by atoms with Crippen molar-refractivity contribution in [3.05, 3.63) is 0 Å². The van der Waals surface area contributed by atoms with E-state index in [-0.39, 0.29) is 17.3 Å². The Morgan fingerprint density at radius 1 is 1.54 bits per heavy atom. The highest BCUT2D eigenvalue weighted by molar-refractivity contribution is 5.73. The van der Waals surface area contributed by atoms with Gasteiger partial charge >= 0.3 is 5.97 Å². The number of piperidine rings is 1. The summed E-state index contributed by atoms with van der Waals surface area (Å²) < 4.78 is 4.83. The van der Waals surface area contributed by atoms with E-state index in [1.54, 1.807) is 0 Å². The van der Waals surface area contributed by atoms with Crippen LogP contribution in [0.25, 0.3) is 0 Å². The summed E-state index contributed by atoms with van der Waals surface area (Å²) in [6.45, 7) is 8.10. The van der Waals surface area contributed by atoms with Gasteiger partial charge in [0.05, 0.1) is 13.0 Å². The van der Waals surface area contributed by atoms with E-state index in [0.717, 1.165) is 13.1 Å². The first-order valence-electron chi connectivity index (χ1n) is 4.77. The Labute approximate surface area is 79.8 Å². The van der Waals surface area contributed by atoms with Gasteiger partial charge in [-0.05, 0) is 17.9 Å². The van der Waals surface area contributed by atoms with E-state index in [4.69, 9.17) is 4.74 Å². The van der Waals surface area contributed by atoms with Crippen LogP contribution >= 0.6 is 0 Å². The third-order valence-electron chi connectivity index (χ3n) is 2.91. The van der Waals surface area contributed by atoms with Gasteiger partial charge in [0.2, 0.25) is 0 Å².